The van der Waals surface area contributed by atoms with Crippen LogP contribution < -0.4 is 0 Å². The van der Waals surface area contributed by atoms with E-state index in [4.69, 9.17) is 0 Å². The van der Waals surface area contributed by atoms with Gasteiger partial charge in [-0.05, 0) is 0 Å². The molecule has 4 heteroatoms. The summed E-state index contributed by atoms with van der Waals surface area (Å²) in [5.74, 6) is 0. The van der Waals surface area contributed by atoms with Gasteiger partial charge in [0.05, 0.1) is 0 Å². The van der Waals surface area contributed by atoms with Crippen molar-refractivity contribution in [2.75, 3.05) is 0 Å². The van der Waals surface area contributed by atoms with Crippen LogP contribution in [-0.4, -0.2) is 33.7 Å². The maximum atomic E-state index is 3.88. The Hall–Kier alpha value is 0.509. The van der Waals surface area contributed by atoms with E-state index in [1.54, 1.807) is 6.33 Å². The van der Waals surface area contributed by atoms with Gasteiger partial charge in [0.2, 0.25) is 0 Å². The molecule has 1 heterocycles. The molecule has 0 N–H and O–H groups in total. The Bertz CT molecular complexity index is 64.1. The van der Waals surface area contributed by atoms with Gasteiger partial charge in [0.15, 0.2) is 0 Å². The fraction of sp³-hybridized carbons (Fsp3) is 0. The number of rotatable bonds is 0. The van der Waals surface area contributed by atoms with Crippen molar-refractivity contribution < 1.29 is 0 Å². The van der Waals surface area contributed by atoms with Crippen LogP contribution in [0.1, 0.15) is 0 Å². The predicted molar refractivity (Wildman–Crippen MR) is 20.3 cm³/mol. The molecule has 1 aromatic heterocycles. The predicted octanol–water partition coefficient (Wildman–Crippen LogP) is -1.13. The van der Waals surface area contributed by atoms with Crippen molar-refractivity contribution in [3.05, 3.63) is 6.33 Å². The first-order valence-corrected chi connectivity index (χ1v) is 6.91. The Kier molecular flexibility index (Phi) is 1.35. The molecule has 0 unspecified atom stereocenters. The van der Waals surface area contributed by atoms with E-state index in [-0.39, 0.29) is 0 Å². The van der Waals surface area contributed by atoms with Crippen molar-refractivity contribution in [3.8, 4) is 0 Å². The van der Waals surface area contributed by atoms with E-state index in [9.17, 15) is 0 Å². The third-order valence-electron chi connectivity index (χ3n) is 0.214. The van der Waals surface area contributed by atoms with Gasteiger partial charge in [-0.3, -0.25) is 0 Å². The molecule has 0 fully saturated rings. The molecular weight excluding hydrogens is 198 g/mol. The van der Waals surface area contributed by atoms with Crippen LogP contribution in [0, 0.1) is 0 Å². The number of hydrogen-bond acceptors (Lipinski definition) is 2. The van der Waals surface area contributed by atoms with E-state index in [2.05, 4.69) is 7.96 Å². The molecule has 0 atom stereocenters. The van der Waals surface area contributed by atoms with Crippen molar-refractivity contribution >= 4 is 25.7 Å². The maximum absolute atomic E-state index is 3.88. The van der Waals surface area contributed by atoms with Gasteiger partial charge in [-0.15, -0.1) is 0 Å². The first kappa shape index (κ1) is 3.69. The van der Waals surface area contributed by atoms with Crippen molar-refractivity contribution in [2.45, 2.75) is 0 Å². The van der Waals surface area contributed by atoms with Crippen LogP contribution in [-0.2, 0) is 0 Å². The molecule has 2 nitrogen and oxygen atoms in total. The molecule has 0 aliphatic carbocycles. The molecule has 1 rings (SSSR count). The van der Waals surface area contributed by atoms with Crippen LogP contribution in [0.3, 0.4) is 0 Å². The SMILES string of the molecule is c1n[se][se+]n1. The van der Waals surface area contributed by atoms with E-state index in [0.29, 0.717) is 25.7 Å². The number of nitrogens with zero attached hydrogens (tertiary/aromatic N) is 2. The van der Waals surface area contributed by atoms with E-state index >= 15 is 0 Å². The van der Waals surface area contributed by atoms with Crippen LogP contribution in [0.15, 0.2) is 6.33 Å². The summed E-state index contributed by atoms with van der Waals surface area (Å²) in [5, 5.41) is 0. The zero-order chi connectivity index (χ0) is 3.54. The average Bonchev–Trinajstić information content (AvgIpc) is 1.76. The molecule has 0 amide bonds. The van der Waals surface area contributed by atoms with Gasteiger partial charge in [0.1, 0.15) is 0 Å². The summed E-state index contributed by atoms with van der Waals surface area (Å²) >= 11 is 1.07. The van der Waals surface area contributed by atoms with Gasteiger partial charge in [-0.2, -0.15) is 0 Å². The second-order valence-electron chi connectivity index (χ2n) is 0.475. The third-order valence-corrected chi connectivity index (χ3v) is 3.71. The monoisotopic (exact) mass is 201 g/mol. The summed E-state index contributed by atoms with van der Waals surface area (Å²) in [5.41, 5.74) is 0. The first-order chi connectivity index (χ1) is 2.50. The van der Waals surface area contributed by atoms with Crippen LogP contribution in [0.2, 0.25) is 0 Å². The van der Waals surface area contributed by atoms with Crippen LogP contribution in [0.4, 0.5) is 0 Å². The Morgan fingerprint density at radius 2 is 2.80 bits per heavy atom. The summed E-state index contributed by atoms with van der Waals surface area (Å²) in [6.07, 6.45) is 1.67. The normalized spacial score (nSPS) is 8.00. The molecule has 0 radical (unpaired) electrons. The summed E-state index contributed by atoms with van der Waals surface area (Å²) < 4.78 is 7.76. The Morgan fingerprint density at radius 1 is 1.80 bits per heavy atom. The first-order valence-electron chi connectivity index (χ1n) is 1.05. The van der Waals surface area contributed by atoms with Crippen molar-refractivity contribution in [3.63, 3.8) is 0 Å². The van der Waals surface area contributed by atoms with Crippen LogP contribution in [0.25, 0.3) is 0 Å². The third kappa shape index (κ3) is 0.935. The van der Waals surface area contributed by atoms with Crippen LogP contribution >= 0.6 is 0 Å². The molecule has 5 heavy (non-hydrogen) atoms. The minimum atomic E-state index is 0.535. The molecule has 1 aromatic rings. The standard InChI is InChI=1S/CHN2Se2/c1-2-4-5-3-1/h1H/q+1. The zero-order valence-corrected chi connectivity index (χ0v) is 5.71. The van der Waals surface area contributed by atoms with E-state index in [0.717, 1.165) is 0 Å². The van der Waals surface area contributed by atoms with Gasteiger partial charge in [-0.25, -0.2) is 0 Å². The van der Waals surface area contributed by atoms with E-state index in [1.165, 1.54) is 0 Å². The van der Waals surface area contributed by atoms with E-state index < -0.39 is 0 Å². The molecule has 0 bridgehead atoms. The fourth-order valence-electron chi connectivity index (χ4n) is 0.0962. The Labute approximate surface area is 40.3 Å². The molecule has 0 aromatic carbocycles. The summed E-state index contributed by atoms with van der Waals surface area (Å²) in [6.45, 7) is 0. The quantitative estimate of drug-likeness (QED) is 0.494. The van der Waals surface area contributed by atoms with Crippen molar-refractivity contribution in [1.82, 2.24) is 7.96 Å². The van der Waals surface area contributed by atoms with Gasteiger partial charge >= 0.3 is 40.0 Å². The summed E-state index contributed by atoms with van der Waals surface area (Å²) in [7, 11) is 0. The molecule has 0 aliphatic rings. The summed E-state index contributed by atoms with van der Waals surface area (Å²) in [6, 6.07) is 0. The fourth-order valence-corrected chi connectivity index (χ4v) is 2.60. The van der Waals surface area contributed by atoms with Gasteiger partial charge in [0, 0.05) is 0 Å². The Balaban J connectivity index is 3.13. The molecule has 26 valence electrons. The van der Waals surface area contributed by atoms with Crippen molar-refractivity contribution in [2.24, 2.45) is 0 Å². The second kappa shape index (κ2) is 1.83. The van der Waals surface area contributed by atoms with Gasteiger partial charge in [-0.1, -0.05) is 0 Å². The molecule has 0 saturated carbocycles. The molecule has 0 spiro atoms. The van der Waals surface area contributed by atoms with Crippen molar-refractivity contribution in [1.29, 1.82) is 0 Å². The zero-order valence-electron chi connectivity index (χ0n) is 2.29. The number of aromatic nitrogens is 2. The van der Waals surface area contributed by atoms with Gasteiger partial charge < -0.3 is 0 Å². The molecular formula is CHN2Se2+. The molecule has 0 aliphatic heterocycles. The summed E-state index contributed by atoms with van der Waals surface area (Å²) in [4.78, 5) is 0. The molecule has 0 saturated heterocycles. The number of hydrogen-bond donors (Lipinski definition) is 0. The van der Waals surface area contributed by atoms with Gasteiger partial charge in [0.25, 0.3) is 0 Å². The topological polar surface area (TPSA) is 25.8 Å². The minimum absolute atomic E-state index is 0.535. The average molecular weight is 199 g/mol. The van der Waals surface area contributed by atoms with E-state index in [1.807, 2.05) is 0 Å². The Morgan fingerprint density at radius 3 is 3.00 bits per heavy atom. The van der Waals surface area contributed by atoms with Crippen LogP contribution in [0.5, 0.6) is 0 Å². The second-order valence-corrected chi connectivity index (χ2v) is 5.24.